The van der Waals surface area contributed by atoms with Crippen molar-refractivity contribution in [3.8, 4) is 0 Å². The molecule has 2 aliphatic heterocycles. The van der Waals surface area contributed by atoms with Crippen LogP contribution in [0.2, 0.25) is 0 Å². The Morgan fingerprint density at radius 3 is 2.40 bits per heavy atom. The van der Waals surface area contributed by atoms with Crippen molar-refractivity contribution in [3.63, 3.8) is 0 Å². The topological polar surface area (TPSA) is 61.4 Å². The van der Waals surface area contributed by atoms with Crippen LogP contribution in [0.15, 0.2) is 0 Å². The largest absolute Gasteiger partial charge is 0.353 e. The van der Waals surface area contributed by atoms with Gasteiger partial charge in [0.05, 0.1) is 0 Å². The number of likely N-dealkylation sites (tertiary alicyclic amines) is 1. The summed E-state index contributed by atoms with van der Waals surface area (Å²) in [4.78, 5) is 25.1. The van der Waals surface area contributed by atoms with Gasteiger partial charge in [0.2, 0.25) is 11.8 Å². The van der Waals surface area contributed by atoms with Gasteiger partial charge in [-0.15, -0.1) is 0 Å². The standard InChI is InChI=1S/C15H27N3O2/c1-12(19)18-10-6-14(7-11-18)17-15(20)3-2-13-4-8-16-9-5-13/h13-14,16H,2-11H2,1H3,(H,17,20). The Morgan fingerprint density at radius 2 is 1.80 bits per heavy atom. The predicted octanol–water partition coefficient (Wildman–Crippen LogP) is 0.893. The van der Waals surface area contributed by atoms with Gasteiger partial charge < -0.3 is 15.5 Å². The summed E-state index contributed by atoms with van der Waals surface area (Å²) in [6, 6.07) is 0.256. The number of hydrogen-bond acceptors (Lipinski definition) is 3. The minimum atomic E-state index is 0.140. The number of rotatable bonds is 4. The average molecular weight is 281 g/mol. The molecule has 0 aromatic carbocycles. The Morgan fingerprint density at radius 1 is 1.15 bits per heavy atom. The van der Waals surface area contributed by atoms with E-state index in [9.17, 15) is 9.59 Å². The molecule has 0 bridgehead atoms. The maximum atomic E-state index is 12.0. The van der Waals surface area contributed by atoms with Gasteiger partial charge in [-0.2, -0.15) is 0 Å². The highest BCUT2D eigenvalue weighted by Gasteiger charge is 2.22. The second kappa shape index (κ2) is 7.62. The molecule has 2 fully saturated rings. The van der Waals surface area contributed by atoms with Crippen molar-refractivity contribution in [1.82, 2.24) is 15.5 Å². The monoisotopic (exact) mass is 281 g/mol. The molecule has 0 radical (unpaired) electrons. The molecule has 2 rings (SSSR count). The van der Waals surface area contributed by atoms with E-state index in [0.29, 0.717) is 12.3 Å². The Bertz CT molecular complexity index is 332. The van der Waals surface area contributed by atoms with E-state index < -0.39 is 0 Å². The minimum absolute atomic E-state index is 0.140. The lowest BCUT2D eigenvalue weighted by Crippen LogP contribution is -2.46. The first kappa shape index (κ1) is 15.3. The molecular formula is C15H27N3O2. The smallest absolute Gasteiger partial charge is 0.220 e. The van der Waals surface area contributed by atoms with E-state index in [0.717, 1.165) is 45.4 Å². The summed E-state index contributed by atoms with van der Waals surface area (Å²) in [5.41, 5.74) is 0. The quantitative estimate of drug-likeness (QED) is 0.804. The second-order valence-corrected chi connectivity index (χ2v) is 6.08. The number of carbonyl (C=O) groups excluding carboxylic acids is 2. The van der Waals surface area contributed by atoms with E-state index >= 15 is 0 Å². The van der Waals surface area contributed by atoms with E-state index in [1.165, 1.54) is 12.8 Å². The van der Waals surface area contributed by atoms with Crippen LogP contribution in [-0.4, -0.2) is 48.9 Å². The van der Waals surface area contributed by atoms with Crippen LogP contribution in [0.5, 0.6) is 0 Å². The van der Waals surface area contributed by atoms with Crippen LogP contribution in [0.25, 0.3) is 0 Å². The number of carbonyl (C=O) groups is 2. The zero-order chi connectivity index (χ0) is 14.4. The van der Waals surface area contributed by atoms with Crippen LogP contribution in [0.1, 0.15) is 45.4 Å². The fourth-order valence-corrected chi connectivity index (χ4v) is 3.14. The highest BCUT2D eigenvalue weighted by molar-refractivity contribution is 5.76. The normalized spacial score (nSPS) is 21.8. The lowest BCUT2D eigenvalue weighted by Gasteiger charge is -2.31. The minimum Gasteiger partial charge on any atom is -0.353 e. The Kier molecular flexibility index (Phi) is 5.83. The molecule has 114 valence electrons. The number of hydrogen-bond donors (Lipinski definition) is 2. The molecule has 5 heteroatoms. The molecule has 0 aromatic rings. The third kappa shape index (κ3) is 4.78. The molecule has 0 spiro atoms. The van der Waals surface area contributed by atoms with Crippen LogP contribution in [0, 0.1) is 5.92 Å². The van der Waals surface area contributed by atoms with Gasteiger partial charge in [0.25, 0.3) is 0 Å². The van der Waals surface area contributed by atoms with Gasteiger partial charge in [-0.05, 0) is 51.1 Å². The van der Waals surface area contributed by atoms with E-state index in [-0.39, 0.29) is 17.9 Å². The number of nitrogens with one attached hydrogen (secondary N) is 2. The summed E-state index contributed by atoms with van der Waals surface area (Å²) < 4.78 is 0. The summed E-state index contributed by atoms with van der Waals surface area (Å²) in [6.07, 6.45) is 5.84. The molecule has 0 aromatic heterocycles. The molecule has 0 unspecified atom stereocenters. The van der Waals surface area contributed by atoms with Gasteiger partial charge in [-0.25, -0.2) is 0 Å². The van der Waals surface area contributed by atoms with E-state index in [2.05, 4.69) is 10.6 Å². The number of nitrogens with zero attached hydrogens (tertiary/aromatic N) is 1. The zero-order valence-corrected chi connectivity index (χ0v) is 12.5. The van der Waals surface area contributed by atoms with Gasteiger partial charge in [-0.3, -0.25) is 9.59 Å². The number of amides is 2. The van der Waals surface area contributed by atoms with Gasteiger partial charge >= 0.3 is 0 Å². The molecule has 2 aliphatic rings. The first-order valence-electron chi connectivity index (χ1n) is 7.90. The molecule has 0 atom stereocenters. The molecule has 2 heterocycles. The van der Waals surface area contributed by atoms with Crippen LogP contribution in [-0.2, 0) is 9.59 Å². The Hall–Kier alpha value is -1.10. The SMILES string of the molecule is CC(=O)N1CCC(NC(=O)CCC2CCNCC2)CC1. The Labute approximate surface area is 121 Å². The third-order valence-corrected chi connectivity index (χ3v) is 4.54. The van der Waals surface area contributed by atoms with Gasteiger partial charge in [0.1, 0.15) is 0 Å². The molecule has 2 saturated heterocycles. The molecule has 0 saturated carbocycles. The van der Waals surface area contributed by atoms with Crippen molar-refractivity contribution in [2.45, 2.75) is 51.5 Å². The summed E-state index contributed by atoms with van der Waals surface area (Å²) in [5, 5.41) is 6.47. The molecule has 0 aliphatic carbocycles. The summed E-state index contributed by atoms with van der Waals surface area (Å²) in [5.74, 6) is 1.03. The van der Waals surface area contributed by atoms with E-state index in [1.807, 2.05) is 4.90 Å². The van der Waals surface area contributed by atoms with Crippen molar-refractivity contribution in [2.24, 2.45) is 5.92 Å². The fourth-order valence-electron chi connectivity index (χ4n) is 3.14. The maximum absolute atomic E-state index is 12.0. The highest BCUT2D eigenvalue weighted by atomic mass is 16.2. The summed E-state index contributed by atoms with van der Waals surface area (Å²) in [7, 11) is 0. The molecule has 2 N–H and O–H groups in total. The summed E-state index contributed by atoms with van der Waals surface area (Å²) in [6.45, 7) is 5.34. The van der Waals surface area contributed by atoms with Crippen LogP contribution < -0.4 is 10.6 Å². The lowest BCUT2D eigenvalue weighted by atomic mass is 9.93. The van der Waals surface area contributed by atoms with E-state index in [4.69, 9.17) is 0 Å². The first-order valence-corrected chi connectivity index (χ1v) is 7.90. The van der Waals surface area contributed by atoms with Crippen molar-refractivity contribution in [1.29, 1.82) is 0 Å². The van der Waals surface area contributed by atoms with Crippen LogP contribution in [0.4, 0.5) is 0 Å². The van der Waals surface area contributed by atoms with Crippen LogP contribution in [0.3, 0.4) is 0 Å². The predicted molar refractivity (Wildman–Crippen MR) is 78.2 cm³/mol. The zero-order valence-electron chi connectivity index (χ0n) is 12.5. The third-order valence-electron chi connectivity index (χ3n) is 4.54. The van der Waals surface area contributed by atoms with Gasteiger partial charge in [0, 0.05) is 32.5 Å². The van der Waals surface area contributed by atoms with Crippen molar-refractivity contribution in [2.75, 3.05) is 26.2 Å². The molecular weight excluding hydrogens is 254 g/mol. The summed E-state index contributed by atoms with van der Waals surface area (Å²) >= 11 is 0. The van der Waals surface area contributed by atoms with Crippen molar-refractivity contribution in [3.05, 3.63) is 0 Å². The van der Waals surface area contributed by atoms with Crippen molar-refractivity contribution >= 4 is 11.8 Å². The number of piperidine rings is 2. The van der Waals surface area contributed by atoms with Crippen LogP contribution >= 0.6 is 0 Å². The average Bonchev–Trinajstić information content (AvgIpc) is 2.47. The fraction of sp³-hybridized carbons (Fsp3) is 0.867. The molecule has 5 nitrogen and oxygen atoms in total. The maximum Gasteiger partial charge on any atom is 0.220 e. The van der Waals surface area contributed by atoms with Gasteiger partial charge in [0.15, 0.2) is 0 Å². The lowest BCUT2D eigenvalue weighted by molar-refractivity contribution is -0.130. The van der Waals surface area contributed by atoms with Crippen molar-refractivity contribution < 1.29 is 9.59 Å². The Balaban J connectivity index is 1.61. The second-order valence-electron chi connectivity index (χ2n) is 6.08. The highest BCUT2D eigenvalue weighted by Crippen LogP contribution is 2.18. The molecule has 20 heavy (non-hydrogen) atoms. The first-order chi connectivity index (χ1) is 9.65. The van der Waals surface area contributed by atoms with E-state index in [1.54, 1.807) is 6.92 Å². The molecule has 2 amide bonds. The van der Waals surface area contributed by atoms with Gasteiger partial charge in [-0.1, -0.05) is 0 Å².